The molecule has 0 aromatic carbocycles. The van der Waals surface area contributed by atoms with Gasteiger partial charge >= 0.3 is 0 Å². The van der Waals surface area contributed by atoms with Gasteiger partial charge in [0.05, 0.1) is 11.9 Å². The fourth-order valence-electron chi connectivity index (χ4n) is 1.56. The van der Waals surface area contributed by atoms with E-state index in [2.05, 4.69) is 15.3 Å². The number of anilines is 1. The van der Waals surface area contributed by atoms with Gasteiger partial charge in [-0.3, -0.25) is 4.79 Å². The van der Waals surface area contributed by atoms with E-state index in [0.29, 0.717) is 17.2 Å². The molecule has 0 aliphatic heterocycles. The second-order valence-corrected chi connectivity index (χ2v) is 5.19. The summed E-state index contributed by atoms with van der Waals surface area (Å²) in [7, 11) is 1.79. The summed E-state index contributed by atoms with van der Waals surface area (Å²) in [5, 5.41) is 3.14. The van der Waals surface area contributed by atoms with E-state index in [1.807, 2.05) is 34.6 Å². The molecular weight excluding hydrogens is 240 g/mol. The molecule has 1 aromatic rings. The molecule has 1 N–H and O–H groups in total. The van der Waals surface area contributed by atoms with E-state index in [1.54, 1.807) is 18.1 Å². The first kappa shape index (κ1) is 15.4. The van der Waals surface area contributed by atoms with E-state index in [-0.39, 0.29) is 17.9 Å². The first-order chi connectivity index (χ1) is 8.88. The van der Waals surface area contributed by atoms with E-state index in [0.717, 1.165) is 6.54 Å². The van der Waals surface area contributed by atoms with Crippen molar-refractivity contribution in [2.45, 2.75) is 46.6 Å². The summed E-state index contributed by atoms with van der Waals surface area (Å²) >= 11 is 0. The van der Waals surface area contributed by atoms with Gasteiger partial charge in [-0.05, 0) is 20.8 Å². The Bertz CT molecular complexity index is 443. The molecule has 0 radical (unpaired) electrons. The van der Waals surface area contributed by atoms with Crippen LogP contribution in [0.5, 0.6) is 0 Å². The minimum Gasteiger partial charge on any atom is -0.382 e. The number of rotatable bonds is 5. The second kappa shape index (κ2) is 6.50. The zero-order valence-electron chi connectivity index (χ0n) is 12.7. The molecule has 1 rings (SSSR count). The van der Waals surface area contributed by atoms with Gasteiger partial charge in [-0.25, -0.2) is 9.97 Å². The Morgan fingerprint density at radius 1 is 1.37 bits per heavy atom. The van der Waals surface area contributed by atoms with Gasteiger partial charge in [-0.15, -0.1) is 0 Å². The highest BCUT2D eigenvalue weighted by atomic mass is 16.2. The fourth-order valence-corrected chi connectivity index (χ4v) is 1.56. The minimum atomic E-state index is -0.0738. The molecular formula is C14H24N4O. The normalized spacial score (nSPS) is 10.9. The fraction of sp³-hybridized carbons (Fsp3) is 0.643. The Kier molecular flexibility index (Phi) is 5.27. The maximum absolute atomic E-state index is 12.5. The molecule has 1 heterocycles. The van der Waals surface area contributed by atoms with Crippen LogP contribution in [-0.2, 0) is 0 Å². The molecule has 106 valence electrons. The lowest BCUT2D eigenvalue weighted by molar-refractivity contribution is 0.0749. The molecule has 0 aliphatic carbocycles. The number of hydrogen-bond donors (Lipinski definition) is 1. The van der Waals surface area contributed by atoms with Crippen molar-refractivity contribution in [1.29, 1.82) is 0 Å². The molecule has 5 heteroatoms. The van der Waals surface area contributed by atoms with Crippen molar-refractivity contribution in [1.82, 2.24) is 14.9 Å². The average Bonchev–Trinajstić information content (AvgIpc) is 2.37. The minimum absolute atomic E-state index is 0.0738. The molecule has 5 nitrogen and oxygen atoms in total. The molecule has 0 unspecified atom stereocenters. The molecule has 0 fully saturated rings. The zero-order valence-corrected chi connectivity index (χ0v) is 12.7. The summed E-state index contributed by atoms with van der Waals surface area (Å²) in [6.45, 7) is 10.7. The number of nitrogens with zero attached hydrogens (tertiary/aromatic N) is 3. The predicted molar refractivity (Wildman–Crippen MR) is 77.5 cm³/mol. The SMILES string of the molecule is CCNc1cnc(C(C)C)nc1C(=O)N(C)C(C)C. The smallest absolute Gasteiger partial charge is 0.274 e. The van der Waals surface area contributed by atoms with Crippen LogP contribution in [0.3, 0.4) is 0 Å². The third-order valence-electron chi connectivity index (χ3n) is 2.99. The van der Waals surface area contributed by atoms with E-state index in [4.69, 9.17) is 0 Å². The Morgan fingerprint density at radius 3 is 2.47 bits per heavy atom. The highest BCUT2D eigenvalue weighted by Gasteiger charge is 2.21. The predicted octanol–water partition coefficient (Wildman–Crippen LogP) is 2.51. The average molecular weight is 264 g/mol. The molecule has 0 spiro atoms. The van der Waals surface area contributed by atoms with Crippen molar-refractivity contribution < 1.29 is 4.79 Å². The van der Waals surface area contributed by atoms with E-state index >= 15 is 0 Å². The van der Waals surface area contributed by atoms with Crippen LogP contribution in [0.15, 0.2) is 6.20 Å². The van der Waals surface area contributed by atoms with Crippen molar-refractivity contribution >= 4 is 11.6 Å². The number of nitrogens with one attached hydrogen (secondary N) is 1. The summed E-state index contributed by atoms with van der Waals surface area (Å²) in [5.74, 6) is 0.823. The van der Waals surface area contributed by atoms with E-state index < -0.39 is 0 Å². The van der Waals surface area contributed by atoms with Gasteiger partial charge < -0.3 is 10.2 Å². The van der Waals surface area contributed by atoms with Crippen LogP contribution in [0.4, 0.5) is 5.69 Å². The monoisotopic (exact) mass is 264 g/mol. The van der Waals surface area contributed by atoms with Crippen LogP contribution < -0.4 is 5.32 Å². The lowest BCUT2D eigenvalue weighted by atomic mass is 10.2. The largest absolute Gasteiger partial charge is 0.382 e. The van der Waals surface area contributed by atoms with Gasteiger partial charge in [0, 0.05) is 25.6 Å². The van der Waals surface area contributed by atoms with Crippen molar-refractivity contribution in [2.24, 2.45) is 0 Å². The van der Waals surface area contributed by atoms with Gasteiger partial charge in [0.25, 0.3) is 5.91 Å². The quantitative estimate of drug-likeness (QED) is 0.887. The van der Waals surface area contributed by atoms with Crippen LogP contribution in [-0.4, -0.2) is 40.4 Å². The Balaban J connectivity index is 3.20. The summed E-state index contributed by atoms with van der Waals surface area (Å²) < 4.78 is 0. The summed E-state index contributed by atoms with van der Waals surface area (Å²) in [6.07, 6.45) is 1.70. The Morgan fingerprint density at radius 2 is 2.00 bits per heavy atom. The van der Waals surface area contributed by atoms with Gasteiger partial charge in [-0.1, -0.05) is 13.8 Å². The van der Waals surface area contributed by atoms with Crippen molar-refractivity contribution in [2.75, 3.05) is 18.9 Å². The molecule has 0 saturated heterocycles. The zero-order chi connectivity index (χ0) is 14.6. The number of aromatic nitrogens is 2. The molecule has 0 bridgehead atoms. The van der Waals surface area contributed by atoms with Gasteiger partial charge in [0.2, 0.25) is 0 Å². The lowest BCUT2D eigenvalue weighted by Crippen LogP contribution is -2.34. The standard InChI is InChI=1S/C14H24N4O/c1-7-15-11-8-16-13(9(2)3)17-12(11)14(19)18(6)10(4)5/h8-10,15H,7H2,1-6H3. The highest BCUT2D eigenvalue weighted by molar-refractivity contribution is 5.97. The molecule has 0 atom stereocenters. The lowest BCUT2D eigenvalue weighted by Gasteiger charge is -2.22. The van der Waals surface area contributed by atoms with Gasteiger partial charge in [0.15, 0.2) is 5.69 Å². The molecule has 1 aromatic heterocycles. The highest BCUT2D eigenvalue weighted by Crippen LogP contribution is 2.18. The second-order valence-electron chi connectivity index (χ2n) is 5.19. The first-order valence-corrected chi connectivity index (χ1v) is 6.76. The van der Waals surface area contributed by atoms with Crippen LogP contribution in [0.25, 0.3) is 0 Å². The maximum atomic E-state index is 12.5. The topological polar surface area (TPSA) is 58.1 Å². The first-order valence-electron chi connectivity index (χ1n) is 6.76. The van der Waals surface area contributed by atoms with Gasteiger partial charge in [-0.2, -0.15) is 0 Å². The molecule has 0 saturated carbocycles. The van der Waals surface area contributed by atoms with Crippen molar-refractivity contribution in [3.8, 4) is 0 Å². The maximum Gasteiger partial charge on any atom is 0.274 e. The van der Waals surface area contributed by atoms with Crippen LogP contribution in [0.2, 0.25) is 0 Å². The van der Waals surface area contributed by atoms with Crippen LogP contribution in [0, 0.1) is 0 Å². The van der Waals surface area contributed by atoms with Crippen LogP contribution in [0.1, 0.15) is 56.8 Å². The number of carbonyl (C=O) groups excluding carboxylic acids is 1. The number of carbonyl (C=O) groups is 1. The molecule has 0 aliphatic rings. The van der Waals surface area contributed by atoms with Crippen molar-refractivity contribution in [3.05, 3.63) is 17.7 Å². The van der Waals surface area contributed by atoms with Crippen molar-refractivity contribution in [3.63, 3.8) is 0 Å². The number of amides is 1. The third-order valence-corrected chi connectivity index (χ3v) is 2.99. The molecule has 19 heavy (non-hydrogen) atoms. The Hall–Kier alpha value is -1.65. The Labute approximate surface area is 115 Å². The van der Waals surface area contributed by atoms with Gasteiger partial charge in [0.1, 0.15) is 5.82 Å². The molecule has 1 amide bonds. The number of hydrogen-bond acceptors (Lipinski definition) is 4. The summed E-state index contributed by atoms with van der Waals surface area (Å²) in [6, 6.07) is 0.138. The summed E-state index contributed by atoms with van der Waals surface area (Å²) in [5.41, 5.74) is 1.15. The summed E-state index contributed by atoms with van der Waals surface area (Å²) in [4.78, 5) is 22.9. The van der Waals surface area contributed by atoms with E-state index in [9.17, 15) is 4.79 Å². The van der Waals surface area contributed by atoms with E-state index in [1.165, 1.54) is 0 Å². The third kappa shape index (κ3) is 3.66. The van der Waals surface area contributed by atoms with Crippen LogP contribution >= 0.6 is 0 Å².